The van der Waals surface area contributed by atoms with E-state index in [0.717, 1.165) is 0 Å². The smallest absolute Gasteiger partial charge is 0.478 e. The van der Waals surface area contributed by atoms with E-state index >= 15 is 0 Å². The van der Waals surface area contributed by atoms with Gasteiger partial charge in [0.05, 0.1) is 0 Å². The second-order valence-electron chi connectivity index (χ2n) is 3.93. The summed E-state index contributed by atoms with van der Waals surface area (Å²) < 4.78 is 17.2. The van der Waals surface area contributed by atoms with Gasteiger partial charge in [-0.25, -0.2) is 4.79 Å². The molecular formula is C13H28O5S4Si. The minimum absolute atomic E-state index is 0.176. The Kier molecular flexibility index (Phi) is 19.8. The molecule has 0 heterocycles. The first kappa shape index (κ1) is 25.9. The number of rotatable bonds is 13. The van der Waals surface area contributed by atoms with Gasteiger partial charge in [-0.1, -0.05) is 24.3 Å². The van der Waals surface area contributed by atoms with Crippen LogP contribution in [0.15, 0.2) is 12.2 Å². The molecule has 23 heavy (non-hydrogen) atoms. The Balaban J connectivity index is 0. The van der Waals surface area contributed by atoms with Gasteiger partial charge in [0.15, 0.2) is 0 Å². The monoisotopic (exact) mass is 420 g/mol. The summed E-state index contributed by atoms with van der Waals surface area (Å²) in [7, 11) is 4.45. The predicted octanol–water partition coefficient (Wildman–Crippen LogP) is 5.27. The van der Waals surface area contributed by atoms with Gasteiger partial charge >= 0.3 is 13.9 Å². The molecule has 0 aliphatic heterocycles. The molecule has 5 nitrogen and oxygen atoms in total. The standard InChI is InChI=1S/C9H22O3S4Si.C4H6O2/c1-5-9-13-14-15-16-17(10-6-2,11-7-3)12-8-4;1-3(2)4(5)6/h5-9H2,1-4H3;1H2,2H3,(H,5,6). The second-order valence-corrected chi connectivity index (χ2v) is 14.3. The highest BCUT2D eigenvalue weighted by Crippen LogP contribution is 2.48. The number of hydrogen-bond acceptors (Lipinski definition) is 8. The summed E-state index contributed by atoms with van der Waals surface area (Å²) in [6.45, 7) is 14.6. The van der Waals surface area contributed by atoms with Gasteiger partial charge < -0.3 is 18.4 Å². The predicted molar refractivity (Wildman–Crippen MR) is 109 cm³/mol. The van der Waals surface area contributed by atoms with Crippen molar-refractivity contribution in [3.8, 4) is 0 Å². The number of carbonyl (C=O) groups is 1. The maximum atomic E-state index is 9.60. The fourth-order valence-corrected chi connectivity index (χ4v) is 15.0. The van der Waals surface area contributed by atoms with Gasteiger partial charge in [0.25, 0.3) is 0 Å². The highest BCUT2D eigenvalue weighted by Gasteiger charge is 2.43. The largest absolute Gasteiger partial charge is 0.585 e. The van der Waals surface area contributed by atoms with Crippen LogP contribution in [0, 0.1) is 0 Å². The fraction of sp³-hybridized carbons (Fsp3) is 0.769. The van der Waals surface area contributed by atoms with E-state index in [2.05, 4.69) is 13.5 Å². The zero-order valence-corrected chi connectivity index (χ0v) is 18.7. The van der Waals surface area contributed by atoms with Crippen molar-refractivity contribution in [2.75, 3.05) is 25.6 Å². The molecule has 0 spiro atoms. The minimum Gasteiger partial charge on any atom is -0.478 e. The Bertz CT molecular complexity index is 292. The molecule has 0 aromatic rings. The van der Waals surface area contributed by atoms with Crippen LogP contribution in [0.2, 0.25) is 0 Å². The van der Waals surface area contributed by atoms with E-state index in [1.165, 1.54) is 19.1 Å². The summed E-state index contributed by atoms with van der Waals surface area (Å²) in [6, 6.07) is 0. The molecule has 0 aromatic carbocycles. The average Bonchev–Trinajstić information content (AvgIpc) is 2.48. The van der Waals surface area contributed by atoms with Crippen molar-refractivity contribution in [3.05, 3.63) is 12.2 Å². The second kappa shape index (κ2) is 17.5. The molecule has 0 aliphatic rings. The molecule has 0 unspecified atom stereocenters. The van der Waals surface area contributed by atoms with Crippen LogP contribution in [-0.4, -0.2) is 44.6 Å². The van der Waals surface area contributed by atoms with Crippen molar-refractivity contribution >= 4 is 54.6 Å². The number of carboxylic acids is 1. The van der Waals surface area contributed by atoms with Crippen molar-refractivity contribution < 1.29 is 23.2 Å². The Labute approximate surface area is 156 Å². The van der Waals surface area contributed by atoms with Gasteiger partial charge in [-0.2, -0.15) is 0 Å². The van der Waals surface area contributed by atoms with Crippen LogP contribution in [0.1, 0.15) is 41.0 Å². The Hall–Kier alpha value is 0.707. The Morgan fingerprint density at radius 2 is 1.48 bits per heavy atom. The quantitative estimate of drug-likeness (QED) is 0.186. The lowest BCUT2D eigenvalue weighted by molar-refractivity contribution is -0.132. The van der Waals surface area contributed by atoms with Gasteiger partial charge in [-0.3, -0.25) is 0 Å². The van der Waals surface area contributed by atoms with Crippen molar-refractivity contribution in [3.63, 3.8) is 0 Å². The van der Waals surface area contributed by atoms with Crippen LogP contribution in [-0.2, 0) is 18.1 Å². The molecule has 0 aliphatic carbocycles. The van der Waals surface area contributed by atoms with Gasteiger partial charge in [-0.15, -0.1) is 0 Å². The average molecular weight is 421 g/mol. The highest BCUT2D eigenvalue weighted by atomic mass is 33.7. The van der Waals surface area contributed by atoms with Gasteiger partial charge in [0.1, 0.15) is 0 Å². The van der Waals surface area contributed by atoms with Gasteiger partial charge in [-0.05, 0) is 64.0 Å². The zero-order valence-electron chi connectivity index (χ0n) is 14.5. The van der Waals surface area contributed by atoms with Crippen LogP contribution < -0.4 is 0 Å². The first-order valence-electron chi connectivity index (χ1n) is 7.33. The summed E-state index contributed by atoms with van der Waals surface area (Å²) in [5.41, 5.74) is 0.176. The molecule has 10 heteroatoms. The number of hydrogen-bond donors (Lipinski definition) is 1. The lowest BCUT2D eigenvalue weighted by Gasteiger charge is -2.25. The maximum absolute atomic E-state index is 9.60. The molecule has 0 radical (unpaired) electrons. The Morgan fingerprint density at radius 1 is 1.04 bits per heavy atom. The van der Waals surface area contributed by atoms with E-state index in [1.54, 1.807) is 29.9 Å². The summed E-state index contributed by atoms with van der Waals surface area (Å²) in [5.74, 6) is 0.236. The van der Waals surface area contributed by atoms with Crippen molar-refractivity contribution in [1.82, 2.24) is 0 Å². The molecule has 0 rings (SSSR count). The van der Waals surface area contributed by atoms with Crippen LogP contribution in [0.5, 0.6) is 0 Å². The molecule has 0 atom stereocenters. The fourth-order valence-electron chi connectivity index (χ4n) is 0.920. The lowest BCUT2D eigenvalue weighted by Crippen LogP contribution is -2.42. The van der Waals surface area contributed by atoms with Crippen molar-refractivity contribution in [2.24, 2.45) is 0 Å². The molecule has 138 valence electrons. The normalized spacial score (nSPS) is 10.8. The molecule has 0 aromatic heterocycles. The van der Waals surface area contributed by atoms with E-state index in [0.29, 0.717) is 19.8 Å². The molecule has 0 saturated heterocycles. The molecular weight excluding hydrogens is 392 g/mol. The first-order valence-corrected chi connectivity index (χ1v) is 14.8. The van der Waals surface area contributed by atoms with Crippen LogP contribution in [0.25, 0.3) is 0 Å². The van der Waals surface area contributed by atoms with Gasteiger partial charge in [0, 0.05) is 31.1 Å². The molecule has 0 fully saturated rings. The highest BCUT2D eigenvalue weighted by molar-refractivity contribution is 9.28. The van der Waals surface area contributed by atoms with E-state index in [-0.39, 0.29) is 5.57 Å². The molecule has 0 saturated carbocycles. The molecule has 0 amide bonds. The minimum atomic E-state index is -2.51. The summed E-state index contributed by atoms with van der Waals surface area (Å²) in [4.78, 5) is 9.60. The van der Waals surface area contributed by atoms with Crippen molar-refractivity contribution in [2.45, 2.75) is 41.0 Å². The van der Waals surface area contributed by atoms with E-state index in [4.69, 9.17) is 18.4 Å². The van der Waals surface area contributed by atoms with Crippen molar-refractivity contribution in [1.29, 1.82) is 0 Å². The summed E-state index contributed by atoms with van der Waals surface area (Å²) >= 11 is 0. The Morgan fingerprint density at radius 3 is 1.78 bits per heavy atom. The molecule has 0 bridgehead atoms. The van der Waals surface area contributed by atoms with E-state index < -0.39 is 13.9 Å². The zero-order chi connectivity index (χ0) is 18.1. The van der Waals surface area contributed by atoms with Gasteiger partial charge in [0.2, 0.25) is 0 Å². The lowest BCUT2D eigenvalue weighted by atomic mass is 10.4. The SMILES string of the molecule is C=C(C)C(=O)O.CCCSSSS[Si](OCC)(OCC)OCC. The van der Waals surface area contributed by atoms with Crippen LogP contribution in [0.3, 0.4) is 0 Å². The topological polar surface area (TPSA) is 65.0 Å². The van der Waals surface area contributed by atoms with Crippen LogP contribution in [0.4, 0.5) is 0 Å². The third kappa shape index (κ3) is 15.9. The van der Waals surface area contributed by atoms with E-state index in [1.807, 2.05) is 31.6 Å². The third-order valence-corrected chi connectivity index (χ3v) is 14.7. The summed E-state index contributed by atoms with van der Waals surface area (Å²) in [6.07, 6.45) is 1.20. The first-order chi connectivity index (χ1) is 10.9. The maximum Gasteiger partial charge on any atom is 0.585 e. The summed E-state index contributed by atoms with van der Waals surface area (Å²) in [5, 5.41) is 7.89. The number of carboxylic acid groups (broad SMARTS) is 1. The van der Waals surface area contributed by atoms with E-state index in [9.17, 15) is 4.79 Å². The third-order valence-electron chi connectivity index (χ3n) is 1.83. The molecule has 1 N–H and O–H groups in total. The number of aliphatic carboxylic acids is 1. The van der Waals surface area contributed by atoms with Crippen LogP contribution >= 0.6 is 40.7 Å².